The second-order valence-electron chi connectivity index (χ2n) is 4.84. The summed E-state index contributed by atoms with van der Waals surface area (Å²) in [6.45, 7) is 1.95. The zero-order valence-electron chi connectivity index (χ0n) is 8.89. The maximum absolute atomic E-state index is 13.6. The maximum Gasteiger partial charge on any atom is 0.148 e. The summed E-state index contributed by atoms with van der Waals surface area (Å²) < 4.78 is 13.6. The molecular formula is C12H15FN2. The first-order valence-corrected chi connectivity index (χ1v) is 5.44. The second-order valence-corrected chi connectivity index (χ2v) is 4.84. The average Bonchev–Trinajstić information content (AvgIpc) is 2.97. The van der Waals surface area contributed by atoms with Gasteiger partial charge in [-0.1, -0.05) is 6.07 Å². The zero-order valence-corrected chi connectivity index (χ0v) is 8.89. The van der Waals surface area contributed by atoms with Crippen molar-refractivity contribution in [2.45, 2.75) is 12.8 Å². The molecule has 0 unspecified atom stereocenters. The molecule has 1 heterocycles. The number of nitrogens with one attached hydrogen (secondary N) is 1. The fourth-order valence-electron chi connectivity index (χ4n) is 2.44. The second kappa shape index (κ2) is 2.87. The van der Waals surface area contributed by atoms with Gasteiger partial charge in [0.2, 0.25) is 0 Å². The molecule has 1 aromatic rings. The molecule has 1 N–H and O–H groups in total. The van der Waals surface area contributed by atoms with Crippen molar-refractivity contribution >= 4 is 11.4 Å². The molecule has 0 radical (unpaired) electrons. The van der Waals surface area contributed by atoms with Gasteiger partial charge < -0.3 is 10.2 Å². The summed E-state index contributed by atoms with van der Waals surface area (Å²) in [4.78, 5) is 2.17. The van der Waals surface area contributed by atoms with E-state index in [2.05, 4.69) is 10.2 Å². The summed E-state index contributed by atoms with van der Waals surface area (Å²) in [5, 5.41) is 3.26. The van der Waals surface area contributed by atoms with Crippen molar-refractivity contribution < 1.29 is 4.39 Å². The van der Waals surface area contributed by atoms with E-state index in [0.717, 1.165) is 18.8 Å². The van der Waals surface area contributed by atoms with Crippen LogP contribution in [-0.2, 0) is 0 Å². The van der Waals surface area contributed by atoms with E-state index in [0.29, 0.717) is 11.1 Å². The Kier molecular flexibility index (Phi) is 1.73. The van der Waals surface area contributed by atoms with Crippen molar-refractivity contribution in [2.24, 2.45) is 5.41 Å². The van der Waals surface area contributed by atoms with Gasteiger partial charge in [0.15, 0.2) is 0 Å². The van der Waals surface area contributed by atoms with Crippen molar-refractivity contribution in [3.8, 4) is 0 Å². The SMILES string of the molecule is CN1CC2(CC2)CNc2c(F)cccc21. The Morgan fingerprint density at radius 3 is 2.93 bits per heavy atom. The summed E-state index contributed by atoms with van der Waals surface area (Å²) >= 11 is 0. The number of hydrogen-bond acceptors (Lipinski definition) is 2. The number of halogens is 1. The predicted molar refractivity (Wildman–Crippen MR) is 59.8 cm³/mol. The summed E-state index contributed by atoms with van der Waals surface area (Å²) in [5.74, 6) is -0.142. The van der Waals surface area contributed by atoms with Gasteiger partial charge in [-0.25, -0.2) is 4.39 Å². The van der Waals surface area contributed by atoms with Crippen LogP contribution in [0.2, 0.25) is 0 Å². The van der Waals surface area contributed by atoms with Gasteiger partial charge in [0.25, 0.3) is 0 Å². The highest BCUT2D eigenvalue weighted by Crippen LogP contribution is 2.49. The molecule has 1 aromatic carbocycles. The van der Waals surface area contributed by atoms with Crippen LogP contribution in [0, 0.1) is 11.2 Å². The lowest BCUT2D eigenvalue weighted by Gasteiger charge is -2.21. The minimum absolute atomic E-state index is 0.142. The predicted octanol–water partition coefficient (Wildman–Crippen LogP) is 2.47. The van der Waals surface area contributed by atoms with Gasteiger partial charge in [0, 0.05) is 25.6 Å². The molecule has 1 spiro atoms. The van der Waals surface area contributed by atoms with Crippen LogP contribution in [0.15, 0.2) is 18.2 Å². The van der Waals surface area contributed by atoms with Crippen LogP contribution < -0.4 is 10.2 Å². The highest BCUT2D eigenvalue weighted by molar-refractivity contribution is 5.71. The average molecular weight is 206 g/mol. The van der Waals surface area contributed by atoms with E-state index in [-0.39, 0.29) is 5.82 Å². The topological polar surface area (TPSA) is 15.3 Å². The molecule has 15 heavy (non-hydrogen) atoms. The number of anilines is 2. The van der Waals surface area contributed by atoms with Gasteiger partial charge in [0.1, 0.15) is 5.82 Å². The molecule has 2 aliphatic rings. The first-order chi connectivity index (χ1) is 7.20. The van der Waals surface area contributed by atoms with Crippen LogP contribution in [-0.4, -0.2) is 20.1 Å². The first kappa shape index (κ1) is 9.01. The molecule has 3 rings (SSSR count). The van der Waals surface area contributed by atoms with Gasteiger partial charge in [-0.05, 0) is 25.0 Å². The number of hydrogen-bond donors (Lipinski definition) is 1. The van der Waals surface area contributed by atoms with E-state index >= 15 is 0 Å². The minimum Gasteiger partial charge on any atom is -0.380 e. The van der Waals surface area contributed by atoms with Crippen LogP contribution in [0.25, 0.3) is 0 Å². The lowest BCUT2D eigenvalue weighted by Crippen LogP contribution is -2.27. The lowest BCUT2D eigenvalue weighted by atomic mass is 10.1. The van der Waals surface area contributed by atoms with Crippen LogP contribution in [0.3, 0.4) is 0 Å². The molecular weight excluding hydrogens is 191 g/mol. The molecule has 2 nitrogen and oxygen atoms in total. The molecule has 80 valence electrons. The van der Waals surface area contributed by atoms with E-state index in [1.807, 2.05) is 13.1 Å². The molecule has 3 heteroatoms. The smallest absolute Gasteiger partial charge is 0.148 e. The standard InChI is InChI=1S/C12H15FN2/c1-15-8-12(5-6-12)7-14-11-9(13)3-2-4-10(11)15/h2-4,14H,5-8H2,1H3. The number of fused-ring (bicyclic) bond motifs is 1. The van der Waals surface area contributed by atoms with E-state index in [1.54, 1.807) is 6.07 Å². The third-order valence-corrected chi connectivity index (χ3v) is 3.57. The van der Waals surface area contributed by atoms with Crippen molar-refractivity contribution in [1.29, 1.82) is 0 Å². The highest BCUT2D eigenvalue weighted by atomic mass is 19.1. The van der Waals surface area contributed by atoms with Gasteiger partial charge in [-0.15, -0.1) is 0 Å². The quantitative estimate of drug-likeness (QED) is 0.701. The summed E-state index contributed by atoms with van der Waals surface area (Å²) in [7, 11) is 2.05. The lowest BCUT2D eigenvalue weighted by molar-refractivity contribution is 0.547. The Morgan fingerprint density at radius 1 is 1.40 bits per heavy atom. The summed E-state index contributed by atoms with van der Waals surface area (Å²) in [6, 6.07) is 5.27. The van der Waals surface area contributed by atoms with Crippen molar-refractivity contribution in [3.05, 3.63) is 24.0 Å². The van der Waals surface area contributed by atoms with Crippen molar-refractivity contribution in [3.63, 3.8) is 0 Å². The molecule has 1 fully saturated rings. The zero-order chi connectivity index (χ0) is 10.5. The van der Waals surface area contributed by atoms with E-state index in [1.165, 1.54) is 18.9 Å². The molecule has 0 atom stereocenters. The van der Waals surface area contributed by atoms with E-state index in [4.69, 9.17) is 0 Å². The van der Waals surface area contributed by atoms with Gasteiger partial charge in [0.05, 0.1) is 11.4 Å². The number of rotatable bonds is 0. The molecule has 0 bridgehead atoms. The maximum atomic E-state index is 13.6. The minimum atomic E-state index is -0.142. The monoisotopic (exact) mass is 206 g/mol. The van der Waals surface area contributed by atoms with Gasteiger partial charge in [-0.2, -0.15) is 0 Å². The largest absolute Gasteiger partial charge is 0.380 e. The van der Waals surface area contributed by atoms with Crippen LogP contribution in [0.1, 0.15) is 12.8 Å². The number of benzene rings is 1. The van der Waals surface area contributed by atoms with Crippen LogP contribution in [0.4, 0.5) is 15.8 Å². The molecule has 0 saturated heterocycles. The third kappa shape index (κ3) is 1.37. The van der Waals surface area contributed by atoms with E-state index in [9.17, 15) is 4.39 Å². The highest BCUT2D eigenvalue weighted by Gasteiger charge is 2.45. The molecule has 1 saturated carbocycles. The molecule has 1 aliphatic carbocycles. The fraction of sp³-hybridized carbons (Fsp3) is 0.500. The summed E-state index contributed by atoms with van der Waals surface area (Å²) in [6.07, 6.45) is 2.53. The van der Waals surface area contributed by atoms with Crippen molar-refractivity contribution in [2.75, 3.05) is 30.4 Å². The fourth-order valence-corrected chi connectivity index (χ4v) is 2.44. The Balaban J connectivity index is 2.03. The first-order valence-electron chi connectivity index (χ1n) is 5.44. The molecule has 1 aliphatic heterocycles. The Bertz CT molecular complexity index is 399. The van der Waals surface area contributed by atoms with E-state index < -0.39 is 0 Å². The Hall–Kier alpha value is -1.25. The third-order valence-electron chi connectivity index (χ3n) is 3.57. The number of nitrogens with zero attached hydrogens (tertiary/aromatic N) is 1. The Morgan fingerprint density at radius 2 is 2.20 bits per heavy atom. The van der Waals surface area contributed by atoms with Gasteiger partial charge >= 0.3 is 0 Å². The van der Waals surface area contributed by atoms with Crippen LogP contribution >= 0.6 is 0 Å². The Labute approximate surface area is 89.1 Å². The summed E-state index contributed by atoms with van der Waals surface area (Å²) in [5.41, 5.74) is 2.06. The van der Waals surface area contributed by atoms with Crippen molar-refractivity contribution in [1.82, 2.24) is 0 Å². The normalized spacial score (nSPS) is 21.9. The number of para-hydroxylation sites is 1. The molecule has 0 aromatic heterocycles. The van der Waals surface area contributed by atoms with Gasteiger partial charge in [-0.3, -0.25) is 0 Å². The van der Waals surface area contributed by atoms with Crippen LogP contribution in [0.5, 0.6) is 0 Å². The molecule has 0 amide bonds.